The van der Waals surface area contributed by atoms with Crippen LogP contribution in [0.3, 0.4) is 0 Å². The molecule has 0 aliphatic rings. The van der Waals surface area contributed by atoms with E-state index in [0.29, 0.717) is 10.9 Å². The third-order valence-corrected chi connectivity index (χ3v) is 5.20. The van der Waals surface area contributed by atoms with Crippen molar-refractivity contribution in [3.8, 4) is 0 Å². The Hall–Kier alpha value is -2.65. The summed E-state index contributed by atoms with van der Waals surface area (Å²) in [5, 5.41) is 6.35. The van der Waals surface area contributed by atoms with Gasteiger partial charge in [-0.25, -0.2) is 9.35 Å². The molecule has 0 saturated carbocycles. The molecule has 0 aliphatic carbocycles. The fourth-order valence-corrected chi connectivity index (χ4v) is 3.60. The number of benzene rings is 2. The summed E-state index contributed by atoms with van der Waals surface area (Å²) in [4.78, 5) is 11.7. The number of aromatic nitrogens is 1. The Morgan fingerprint density at radius 2 is 1.73 bits per heavy atom. The normalized spacial score (nSPS) is 14.2. The average molecular weight is 381 g/mol. The van der Waals surface area contributed by atoms with Gasteiger partial charge in [-0.05, 0) is 30.3 Å². The molecule has 0 bridgehead atoms. The molecule has 5 nitrogen and oxygen atoms in total. The van der Waals surface area contributed by atoms with Gasteiger partial charge in [0.1, 0.15) is 15.6 Å². The van der Waals surface area contributed by atoms with Crippen molar-refractivity contribution >= 4 is 32.4 Å². The lowest BCUT2D eigenvalue weighted by molar-refractivity contribution is -0.137. The van der Waals surface area contributed by atoms with Crippen LogP contribution in [0.5, 0.6) is 0 Å². The summed E-state index contributed by atoms with van der Waals surface area (Å²) in [6.07, 6.45) is -3.09. The van der Waals surface area contributed by atoms with E-state index in [-0.39, 0.29) is 16.5 Å². The molecule has 3 aromatic rings. The molecule has 3 rings (SSSR count). The summed E-state index contributed by atoms with van der Waals surface area (Å²) in [5.74, 6) is -0.263. The average Bonchev–Trinajstić information content (AvgIpc) is 2.93. The molecular weight excluding hydrogens is 367 g/mol. The largest absolute Gasteiger partial charge is 0.416 e. The summed E-state index contributed by atoms with van der Waals surface area (Å²) in [6.45, 7) is 1.37. The summed E-state index contributed by atoms with van der Waals surface area (Å²) in [6, 6.07) is 10.5. The van der Waals surface area contributed by atoms with Crippen LogP contribution in [-0.2, 0) is 16.1 Å². The number of halogens is 3. The first kappa shape index (κ1) is 18.2. The first-order valence-corrected chi connectivity index (χ1v) is 9.00. The van der Waals surface area contributed by atoms with Crippen molar-refractivity contribution in [2.24, 2.45) is 9.50 Å². The van der Waals surface area contributed by atoms with Gasteiger partial charge < -0.3 is 0 Å². The summed E-state index contributed by atoms with van der Waals surface area (Å²) < 4.78 is 56.1. The summed E-state index contributed by atoms with van der Waals surface area (Å²) in [7, 11) is -3.50. The number of fused-ring (bicyclic) bond motifs is 1. The highest BCUT2D eigenvalue weighted by Crippen LogP contribution is 2.32. The number of para-hydroxylation sites is 1. The van der Waals surface area contributed by atoms with Crippen LogP contribution in [0.4, 0.5) is 18.9 Å². The fraction of sp³-hybridized carbons (Fsp3) is 0.118. The van der Waals surface area contributed by atoms with Gasteiger partial charge in [-0.15, -0.1) is 0 Å². The zero-order valence-electron chi connectivity index (χ0n) is 13.5. The maximum absolute atomic E-state index is 12.8. The molecule has 0 radical (unpaired) electrons. The lowest BCUT2D eigenvalue weighted by Crippen LogP contribution is -2.13. The van der Waals surface area contributed by atoms with Gasteiger partial charge in [0.2, 0.25) is 5.91 Å². The van der Waals surface area contributed by atoms with E-state index in [1.165, 1.54) is 17.7 Å². The Kier molecular flexibility index (Phi) is 4.37. The van der Waals surface area contributed by atoms with E-state index >= 15 is 0 Å². The van der Waals surface area contributed by atoms with E-state index < -0.39 is 21.7 Å². The van der Waals surface area contributed by atoms with Gasteiger partial charge in [0.05, 0.1) is 16.0 Å². The van der Waals surface area contributed by atoms with Crippen molar-refractivity contribution in [3.05, 3.63) is 60.3 Å². The van der Waals surface area contributed by atoms with Crippen LogP contribution in [0.1, 0.15) is 17.3 Å². The second-order valence-electron chi connectivity index (χ2n) is 5.60. The number of carbonyl (C=O) groups excluding carboxylic acids is 1. The lowest BCUT2D eigenvalue weighted by Gasteiger charge is -2.08. The van der Waals surface area contributed by atoms with E-state index in [2.05, 4.69) is 4.36 Å². The molecular formula is C17H14F3N3O2S. The van der Waals surface area contributed by atoms with Crippen molar-refractivity contribution in [1.82, 2.24) is 4.57 Å². The first-order chi connectivity index (χ1) is 12.1. The number of alkyl halides is 3. The highest BCUT2D eigenvalue weighted by molar-refractivity contribution is 7.91. The van der Waals surface area contributed by atoms with Crippen LogP contribution >= 0.6 is 0 Å². The second kappa shape index (κ2) is 6.26. The SMILES string of the molecule is CC(=O)n1cc(N=S(N)(=O)c2ccc(C(F)(F)F)cc2)c2ccccc21. The van der Waals surface area contributed by atoms with Crippen LogP contribution in [0.25, 0.3) is 10.9 Å². The van der Waals surface area contributed by atoms with Gasteiger partial charge in [-0.1, -0.05) is 18.2 Å². The van der Waals surface area contributed by atoms with Crippen molar-refractivity contribution in [3.63, 3.8) is 0 Å². The maximum Gasteiger partial charge on any atom is 0.416 e. The molecule has 0 aliphatic heterocycles. The number of nitrogens with zero attached hydrogens (tertiary/aromatic N) is 2. The molecule has 0 amide bonds. The quantitative estimate of drug-likeness (QED) is 0.716. The van der Waals surface area contributed by atoms with Gasteiger partial charge in [0, 0.05) is 18.5 Å². The molecule has 1 atom stereocenters. The van der Waals surface area contributed by atoms with Crippen LogP contribution in [-0.4, -0.2) is 14.7 Å². The van der Waals surface area contributed by atoms with E-state index in [1.54, 1.807) is 24.3 Å². The number of rotatable bonds is 2. The molecule has 26 heavy (non-hydrogen) atoms. The Morgan fingerprint density at radius 3 is 2.31 bits per heavy atom. The summed E-state index contributed by atoms with van der Waals surface area (Å²) in [5.41, 5.74) is -0.0748. The highest BCUT2D eigenvalue weighted by Gasteiger charge is 2.30. The highest BCUT2D eigenvalue weighted by atomic mass is 32.2. The van der Waals surface area contributed by atoms with Crippen molar-refractivity contribution < 1.29 is 22.2 Å². The third kappa shape index (κ3) is 3.35. The van der Waals surface area contributed by atoms with Crippen LogP contribution in [0, 0.1) is 0 Å². The minimum absolute atomic E-state index is 0.0369. The molecule has 0 spiro atoms. The topological polar surface area (TPSA) is 77.4 Å². The standard InChI is InChI=1S/C17H14F3N3O2S/c1-11(24)23-10-15(14-4-2-3-5-16(14)23)22-26(21,25)13-8-6-12(7-9-13)17(18,19)20/h2-10H,1H3,(H2,21,22,25). The predicted octanol–water partition coefficient (Wildman–Crippen LogP) is 4.35. The van der Waals surface area contributed by atoms with Crippen molar-refractivity contribution in [2.45, 2.75) is 18.0 Å². The van der Waals surface area contributed by atoms with E-state index in [0.717, 1.165) is 24.3 Å². The van der Waals surface area contributed by atoms with Crippen LogP contribution < -0.4 is 5.14 Å². The van der Waals surface area contributed by atoms with Gasteiger partial charge >= 0.3 is 6.18 Å². The van der Waals surface area contributed by atoms with Gasteiger partial charge in [0.15, 0.2) is 0 Å². The Morgan fingerprint density at radius 1 is 1.12 bits per heavy atom. The number of nitrogens with two attached hydrogens (primary N) is 1. The molecule has 2 aromatic carbocycles. The molecule has 9 heteroatoms. The Balaban J connectivity index is 2.13. The van der Waals surface area contributed by atoms with Crippen LogP contribution in [0.2, 0.25) is 0 Å². The predicted molar refractivity (Wildman–Crippen MR) is 92.4 cm³/mol. The molecule has 136 valence electrons. The minimum Gasteiger partial charge on any atom is -0.285 e. The zero-order chi connectivity index (χ0) is 19.1. The maximum atomic E-state index is 12.8. The van der Waals surface area contributed by atoms with Gasteiger partial charge in [-0.3, -0.25) is 9.36 Å². The monoisotopic (exact) mass is 381 g/mol. The van der Waals surface area contributed by atoms with Crippen LogP contribution in [0.15, 0.2) is 64.0 Å². The van der Waals surface area contributed by atoms with Crippen molar-refractivity contribution in [2.75, 3.05) is 0 Å². The smallest absolute Gasteiger partial charge is 0.285 e. The van der Waals surface area contributed by atoms with Gasteiger partial charge in [-0.2, -0.15) is 17.5 Å². The molecule has 1 aromatic heterocycles. The lowest BCUT2D eigenvalue weighted by atomic mass is 10.2. The summed E-state index contributed by atoms with van der Waals surface area (Å²) >= 11 is 0. The molecule has 0 fully saturated rings. The van der Waals surface area contributed by atoms with E-state index in [4.69, 9.17) is 5.14 Å². The number of hydrogen-bond donors (Lipinski definition) is 1. The number of hydrogen-bond acceptors (Lipinski definition) is 3. The number of carbonyl (C=O) groups is 1. The second-order valence-corrected chi connectivity index (χ2v) is 7.39. The fourth-order valence-electron chi connectivity index (χ4n) is 2.53. The van der Waals surface area contributed by atoms with E-state index in [9.17, 15) is 22.2 Å². The van der Waals surface area contributed by atoms with Crippen molar-refractivity contribution in [1.29, 1.82) is 0 Å². The first-order valence-electron chi connectivity index (χ1n) is 7.43. The Bertz CT molecular complexity index is 1110. The Labute approximate surface area is 147 Å². The molecule has 1 heterocycles. The molecule has 1 unspecified atom stereocenters. The zero-order valence-corrected chi connectivity index (χ0v) is 14.3. The van der Waals surface area contributed by atoms with Gasteiger partial charge in [0.25, 0.3) is 0 Å². The molecule has 0 saturated heterocycles. The minimum atomic E-state index is -4.50. The third-order valence-electron chi connectivity index (χ3n) is 3.78. The van der Waals surface area contributed by atoms with E-state index in [1.807, 2.05) is 0 Å². The molecule has 2 N–H and O–H groups in total.